The van der Waals surface area contributed by atoms with Crippen LogP contribution in [-0.4, -0.2) is 24.3 Å². The second-order valence-corrected chi connectivity index (χ2v) is 4.10. The summed E-state index contributed by atoms with van der Waals surface area (Å²) in [5.41, 5.74) is 0. The molecule has 0 spiro atoms. The number of ether oxygens (including phenoxy) is 1. The monoisotopic (exact) mass is 186 g/mol. The van der Waals surface area contributed by atoms with Gasteiger partial charge in [-0.05, 0) is 24.7 Å². The van der Waals surface area contributed by atoms with Crippen LogP contribution in [0.25, 0.3) is 0 Å². The van der Waals surface area contributed by atoms with Crippen LogP contribution in [0, 0.1) is 17.8 Å². The highest BCUT2D eigenvalue weighted by molar-refractivity contribution is 5.73. The number of esters is 1. The van der Waals surface area contributed by atoms with Crippen molar-refractivity contribution >= 4 is 5.97 Å². The zero-order valence-corrected chi connectivity index (χ0v) is 8.49. The molecule has 0 aromatic heterocycles. The van der Waals surface area contributed by atoms with Gasteiger partial charge < -0.3 is 9.84 Å². The van der Waals surface area contributed by atoms with Gasteiger partial charge in [-0.1, -0.05) is 13.8 Å². The van der Waals surface area contributed by atoms with Crippen molar-refractivity contribution in [2.45, 2.75) is 32.8 Å². The van der Waals surface area contributed by atoms with Crippen LogP contribution in [0.5, 0.6) is 0 Å². The molecule has 0 saturated heterocycles. The molecule has 3 unspecified atom stereocenters. The van der Waals surface area contributed by atoms with Crippen LogP contribution >= 0.6 is 0 Å². The Morgan fingerprint density at radius 2 is 2.08 bits per heavy atom. The molecular formula is C10H18O3. The lowest BCUT2D eigenvalue weighted by Gasteiger charge is -2.22. The average molecular weight is 186 g/mol. The van der Waals surface area contributed by atoms with Gasteiger partial charge in [0.15, 0.2) is 0 Å². The predicted octanol–water partition coefficient (Wildman–Crippen LogP) is 1.20. The highest BCUT2D eigenvalue weighted by Crippen LogP contribution is 2.37. The number of carbonyl (C=O) groups excluding carboxylic acids is 1. The number of aliphatic hydroxyl groups is 1. The minimum Gasteiger partial charge on any atom is -0.469 e. The van der Waals surface area contributed by atoms with E-state index in [0.717, 1.165) is 12.8 Å². The lowest BCUT2D eigenvalue weighted by molar-refractivity contribution is -0.150. The third-order valence-corrected chi connectivity index (χ3v) is 3.00. The number of methoxy groups -OCH3 is 1. The fourth-order valence-electron chi connectivity index (χ4n) is 2.22. The lowest BCUT2D eigenvalue weighted by atomic mass is 9.85. The van der Waals surface area contributed by atoms with Gasteiger partial charge in [0, 0.05) is 0 Å². The van der Waals surface area contributed by atoms with Crippen LogP contribution in [0.4, 0.5) is 0 Å². The predicted molar refractivity (Wildman–Crippen MR) is 49.1 cm³/mol. The number of carbonyl (C=O) groups is 1. The zero-order valence-electron chi connectivity index (χ0n) is 8.49. The molecule has 0 bridgehead atoms. The van der Waals surface area contributed by atoms with Gasteiger partial charge in [-0.3, -0.25) is 4.79 Å². The minimum absolute atomic E-state index is 0.260. The van der Waals surface area contributed by atoms with Gasteiger partial charge in [-0.25, -0.2) is 0 Å². The van der Waals surface area contributed by atoms with E-state index >= 15 is 0 Å². The zero-order chi connectivity index (χ0) is 10.0. The molecule has 1 saturated carbocycles. The van der Waals surface area contributed by atoms with Crippen molar-refractivity contribution in [3.8, 4) is 0 Å². The maximum atomic E-state index is 11.4. The lowest BCUT2D eigenvalue weighted by Crippen LogP contribution is -2.31. The molecule has 76 valence electrons. The highest BCUT2D eigenvalue weighted by Gasteiger charge is 2.41. The number of hydrogen-bond acceptors (Lipinski definition) is 3. The first-order chi connectivity index (χ1) is 6.07. The van der Waals surface area contributed by atoms with E-state index in [1.165, 1.54) is 7.11 Å². The molecule has 1 aliphatic carbocycles. The quantitative estimate of drug-likeness (QED) is 0.659. The van der Waals surface area contributed by atoms with Crippen LogP contribution in [0.1, 0.15) is 26.7 Å². The van der Waals surface area contributed by atoms with Gasteiger partial charge in [-0.15, -0.1) is 0 Å². The SMILES string of the molecule is COC(=O)C1C(O)CCC1C(C)C. The summed E-state index contributed by atoms with van der Waals surface area (Å²) in [4.78, 5) is 11.4. The van der Waals surface area contributed by atoms with Crippen molar-refractivity contribution in [3.63, 3.8) is 0 Å². The second-order valence-electron chi connectivity index (χ2n) is 4.10. The summed E-state index contributed by atoms with van der Waals surface area (Å²) in [6.45, 7) is 4.16. The maximum Gasteiger partial charge on any atom is 0.311 e. The van der Waals surface area contributed by atoms with E-state index in [4.69, 9.17) is 0 Å². The van der Waals surface area contributed by atoms with E-state index in [1.807, 2.05) is 0 Å². The van der Waals surface area contributed by atoms with Crippen LogP contribution in [-0.2, 0) is 9.53 Å². The Morgan fingerprint density at radius 3 is 2.54 bits per heavy atom. The molecule has 0 aliphatic heterocycles. The summed E-state index contributed by atoms with van der Waals surface area (Å²) in [5, 5.41) is 9.61. The number of hydrogen-bond donors (Lipinski definition) is 1. The van der Waals surface area contributed by atoms with Gasteiger partial charge in [0.2, 0.25) is 0 Å². The largest absolute Gasteiger partial charge is 0.469 e. The molecule has 1 rings (SSSR count). The van der Waals surface area contributed by atoms with Crippen molar-refractivity contribution in [3.05, 3.63) is 0 Å². The minimum atomic E-state index is -0.500. The van der Waals surface area contributed by atoms with Crippen molar-refractivity contribution in [1.29, 1.82) is 0 Å². The Labute approximate surface area is 79.1 Å². The molecule has 0 heterocycles. The Morgan fingerprint density at radius 1 is 1.46 bits per heavy atom. The molecule has 3 nitrogen and oxygen atoms in total. The summed E-state index contributed by atoms with van der Waals surface area (Å²) >= 11 is 0. The summed E-state index contributed by atoms with van der Waals surface area (Å²) in [5.74, 6) is 0.150. The van der Waals surface area contributed by atoms with Gasteiger partial charge >= 0.3 is 5.97 Å². The maximum absolute atomic E-state index is 11.4. The normalized spacial score (nSPS) is 33.8. The summed E-state index contributed by atoms with van der Waals surface area (Å²) in [6, 6.07) is 0. The van der Waals surface area contributed by atoms with E-state index in [0.29, 0.717) is 5.92 Å². The van der Waals surface area contributed by atoms with Gasteiger partial charge in [0.25, 0.3) is 0 Å². The van der Waals surface area contributed by atoms with Gasteiger partial charge in [-0.2, -0.15) is 0 Å². The van der Waals surface area contributed by atoms with E-state index in [2.05, 4.69) is 18.6 Å². The van der Waals surface area contributed by atoms with Gasteiger partial charge in [0.1, 0.15) is 0 Å². The van der Waals surface area contributed by atoms with E-state index < -0.39 is 6.10 Å². The molecule has 0 aromatic carbocycles. The molecule has 0 amide bonds. The third kappa shape index (κ3) is 2.02. The molecule has 1 fully saturated rings. The van der Waals surface area contributed by atoms with Crippen LogP contribution < -0.4 is 0 Å². The molecular weight excluding hydrogens is 168 g/mol. The number of aliphatic hydroxyl groups excluding tert-OH is 1. The Kier molecular flexibility index (Phi) is 3.31. The molecule has 1 aliphatic rings. The molecule has 3 atom stereocenters. The second kappa shape index (κ2) is 4.09. The van der Waals surface area contributed by atoms with E-state index in [1.54, 1.807) is 0 Å². The first kappa shape index (κ1) is 10.5. The van der Waals surface area contributed by atoms with Crippen LogP contribution in [0.15, 0.2) is 0 Å². The average Bonchev–Trinajstić information content (AvgIpc) is 2.46. The molecule has 13 heavy (non-hydrogen) atoms. The van der Waals surface area contributed by atoms with Gasteiger partial charge in [0.05, 0.1) is 19.1 Å². The molecule has 3 heteroatoms. The van der Waals surface area contributed by atoms with Crippen molar-refractivity contribution < 1.29 is 14.6 Å². The highest BCUT2D eigenvalue weighted by atomic mass is 16.5. The number of rotatable bonds is 2. The molecule has 0 aromatic rings. The van der Waals surface area contributed by atoms with Crippen LogP contribution in [0.2, 0.25) is 0 Å². The first-order valence-corrected chi connectivity index (χ1v) is 4.83. The van der Waals surface area contributed by atoms with E-state index in [9.17, 15) is 9.90 Å². The van der Waals surface area contributed by atoms with Crippen molar-refractivity contribution in [2.75, 3.05) is 7.11 Å². The standard InChI is InChI=1S/C10H18O3/c1-6(2)7-4-5-8(11)9(7)10(12)13-3/h6-9,11H,4-5H2,1-3H3. The van der Waals surface area contributed by atoms with E-state index in [-0.39, 0.29) is 17.8 Å². The smallest absolute Gasteiger partial charge is 0.311 e. The fourth-order valence-corrected chi connectivity index (χ4v) is 2.22. The Bertz CT molecular complexity index is 189. The summed E-state index contributed by atoms with van der Waals surface area (Å²) in [7, 11) is 1.38. The Hall–Kier alpha value is -0.570. The fraction of sp³-hybridized carbons (Fsp3) is 0.900. The Balaban J connectivity index is 2.71. The molecule has 0 radical (unpaired) electrons. The topological polar surface area (TPSA) is 46.5 Å². The summed E-state index contributed by atoms with van der Waals surface area (Å²) < 4.78 is 4.69. The third-order valence-electron chi connectivity index (χ3n) is 3.00. The van der Waals surface area contributed by atoms with Crippen molar-refractivity contribution in [2.24, 2.45) is 17.8 Å². The van der Waals surface area contributed by atoms with Crippen LogP contribution in [0.3, 0.4) is 0 Å². The van der Waals surface area contributed by atoms with Crippen molar-refractivity contribution in [1.82, 2.24) is 0 Å². The summed E-state index contributed by atoms with van der Waals surface area (Å²) in [6.07, 6.45) is 1.15. The molecule has 1 N–H and O–H groups in total. The first-order valence-electron chi connectivity index (χ1n) is 4.83.